The number of fused-ring (bicyclic) bond motifs is 1. The second-order valence-electron chi connectivity index (χ2n) is 8.96. The first-order valence-corrected chi connectivity index (χ1v) is 13.0. The van der Waals surface area contributed by atoms with E-state index in [4.69, 9.17) is 4.74 Å². The van der Waals surface area contributed by atoms with Crippen molar-refractivity contribution >= 4 is 26.4 Å². The zero-order valence-electron chi connectivity index (χ0n) is 17.4. The highest BCUT2D eigenvalue weighted by atomic mass is 32.2. The van der Waals surface area contributed by atoms with Crippen LogP contribution in [-0.2, 0) is 9.84 Å². The maximum atomic E-state index is 11.7. The second kappa shape index (κ2) is 8.30. The van der Waals surface area contributed by atoms with E-state index in [0.29, 0.717) is 23.3 Å². The van der Waals surface area contributed by atoms with E-state index >= 15 is 0 Å². The lowest BCUT2D eigenvalue weighted by atomic mass is 10.1. The molecule has 2 aliphatic heterocycles. The SMILES string of the molecule is O=S1(=O)CCC(CN2CCN(c3ccc4ncnc(OC5CCCC5)c4c3)CC2)C1. The van der Waals surface area contributed by atoms with Crippen LogP contribution in [0, 0.1) is 5.92 Å². The van der Waals surface area contributed by atoms with Crippen molar-refractivity contribution in [3.05, 3.63) is 24.5 Å². The smallest absolute Gasteiger partial charge is 0.224 e. The summed E-state index contributed by atoms with van der Waals surface area (Å²) >= 11 is 0. The van der Waals surface area contributed by atoms with E-state index in [1.165, 1.54) is 18.5 Å². The zero-order valence-corrected chi connectivity index (χ0v) is 18.2. The van der Waals surface area contributed by atoms with Gasteiger partial charge in [-0.05, 0) is 56.2 Å². The molecule has 0 amide bonds. The molecule has 0 bridgehead atoms. The number of nitrogens with zero attached hydrogens (tertiary/aromatic N) is 4. The van der Waals surface area contributed by atoms with Crippen molar-refractivity contribution in [2.75, 3.05) is 49.1 Å². The monoisotopic (exact) mass is 430 g/mol. The molecule has 2 aromatic rings. The molecule has 1 aliphatic carbocycles. The predicted molar refractivity (Wildman–Crippen MR) is 118 cm³/mol. The minimum absolute atomic E-state index is 0.273. The van der Waals surface area contributed by atoms with Crippen LogP contribution in [0.5, 0.6) is 5.88 Å². The first-order valence-electron chi connectivity index (χ1n) is 11.1. The normalized spacial score (nSPS) is 25.2. The summed E-state index contributed by atoms with van der Waals surface area (Å²) in [6, 6.07) is 6.36. The van der Waals surface area contributed by atoms with Gasteiger partial charge in [-0.2, -0.15) is 0 Å². The molecular formula is C22H30N4O3S. The number of ether oxygens (including phenoxy) is 1. The van der Waals surface area contributed by atoms with Crippen LogP contribution in [-0.4, -0.2) is 73.6 Å². The molecule has 0 radical (unpaired) electrons. The molecule has 7 nitrogen and oxygen atoms in total. The largest absolute Gasteiger partial charge is 0.474 e. The van der Waals surface area contributed by atoms with Crippen LogP contribution in [0.15, 0.2) is 24.5 Å². The van der Waals surface area contributed by atoms with Gasteiger partial charge in [-0.3, -0.25) is 4.90 Å². The standard InChI is InChI=1S/C22H30N4O3S/c27-30(28)12-7-17(15-30)14-25-8-10-26(11-9-25)18-5-6-21-20(13-18)22(24-16-23-21)29-19-3-1-2-4-19/h5-6,13,16-17,19H,1-4,7-12,14-15H2. The third kappa shape index (κ3) is 4.39. The highest BCUT2D eigenvalue weighted by molar-refractivity contribution is 7.91. The van der Waals surface area contributed by atoms with Gasteiger partial charge in [0.05, 0.1) is 22.4 Å². The summed E-state index contributed by atoms with van der Waals surface area (Å²) in [7, 11) is -2.79. The van der Waals surface area contributed by atoms with Crippen LogP contribution >= 0.6 is 0 Å². The van der Waals surface area contributed by atoms with Crippen LogP contribution in [0.4, 0.5) is 5.69 Å². The summed E-state index contributed by atoms with van der Waals surface area (Å²) in [6.07, 6.45) is 7.36. The molecule has 3 fully saturated rings. The number of anilines is 1. The van der Waals surface area contributed by atoms with Crippen LogP contribution < -0.4 is 9.64 Å². The van der Waals surface area contributed by atoms with Gasteiger partial charge in [-0.15, -0.1) is 0 Å². The minimum Gasteiger partial charge on any atom is -0.474 e. The third-order valence-corrected chi connectivity index (χ3v) is 8.58. The zero-order chi connectivity index (χ0) is 20.6. The number of rotatable bonds is 5. The minimum atomic E-state index is -2.79. The van der Waals surface area contributed by atoms with E-state index < -0.39 is 9.84 Å². The molecule has 162 valence electrons. The topological polar surface area (TPSA) is 75.6 Å². The van der Waals surface area contributed by atoms with Crippen LogP contribution in [0.1, 0.15) is 32.1 Å². The number of hydrogen-bond acceptors (Lipinski definition) is 7. The van der Waals surface area contributed by atoms with Gasteiger partial charge < -0.3 is 9.64 Å². The van der Waals surface area contributed by atoms with Crippen molar-refractivity contribution in [3.63, 3.8) is 0 Å². The molecular weight excluding hydrogens is 400 g/mol. The molecule has 1 aromatic carbocycles. The van der Waals surface area contributed by atoms with Crippen molar-refractivity contribution in [1.82, 2.24) is 14.9 Å². The summed E-state index contributed by atoms with van der Waals surface area (Å²) < 4.78 is 29.6. The lowest BCUT2D eigenvalue weighted by Gasteiger charge is -2.37. The van der Waals surface area contributed by atoms with Gasteiger partial charge in [0.15, 0.2) is 9.84 Å². The van der Waals surface area contributed by atoms with Crippen molar-refractivity contribution in [2.24, 2.45) is 5.92 Å². The second-order valence-corrected chi connectivity index (χ2v) is 11.2. The molecule has 8 heteroatoms. The van der Waals surface area contributed by atoms with Gasteiger partial charge in [-0.1, -0.05) is 0 Å². The molecule has 1 atom stereocenters. The van der Waals surface area contributed by atoms with E-state index in [0.717, 1.165) is 62.9 Å². The third-order valence-electron chi connectivity index (χ3n) is 6.74. The Hall–Kier alpha value is -1.93. The van der Waals surface area contributed by atoms with Gasteiger partial charge in [0.1, 0.15) is 12.4 Å². The van der Waals surface area contributed by atoms with Crippen molar-refractivity contribution < 1.29 is 13.2 Å². The molecule has 5 rings (SSSR count). The number of aromatic nitrogens is 2. The first kappa shape index (κ1) is 20.0. The number of sulfone groups is 1. The lowest BCUT2D eigenvalue weighted by Crippen LogP contribution is -2.48. The molecule has 1 saturated carbocycles. The van der Waals surface area contributed by atoms with Crippen molar-refractivity contribution in [2.45, 2.75) is 38.2 Å². The fourth-order valence-electron chi connectivity index (χ4n) is 5.05. The molecule has 1 unspecified atom stereocenters. The van der Waals surface area contributed by atoms with Crippen LogP contribution in [0.25, 0.3) is 10.9 Å². The number of piperazine rings is 1. The van der Waals surface area contributed by atoms with Gasteiger partial charge in [0.2, 0.25) is 5.88 Å². The lowest BCUT2D eigenvalue weighted by molar-refractivity contribution is 0.204. The molecule has 1 aromatic heterocycles. The van der Waals surface area contributed by atoms with E-state index in [9.17, 15) is 8.42 Å². The Morgan fingerprint density at radius 2 is 1.83 bits per heavy atom. The highest BCUT2D eigenvalue weighted by Gasteiger charge is 2.30. The fourth-order valence-corrected chi connectivity index (χ4v) is 6.89. The Labute approximate surface area is 178 Å². The molecule has 30 heavy (non-hydrogen) atoms. The Morgan fingerprint density at radius 1 is 1.03 bits per heavy atom. The van der Waals surface area contributed by atoms with Gasteiger partial charge in [-0.25, -0.2) is 18.4 Å². The molecule has 0 spiro atoms. The van der Waals surface area contributed by atoms with E-state index in [-0.39, 0.29) is 6.10 Å². The molecule has 3 heterocycles. The van der Waals surface area contributed by atoms with E-state index in [1.54, 1.807) is 6.33 Å². The molecule has 2 saturated heterocycles. The molecule has 0 N–H and O–H groups in total. The Morgan fingerprint density at radius 3 is 2.57 bits per heavy atom. The van der Waals surface area contributed by atoms with Gasteiger partial charge >= 0.3 is 0 Å². The Bertz CT molecular complexity index is 999. The fraction of sp³-hybridized carbons (Fsp3) is 0.636. The van der Waals surface area contributed by atoms with Crippen LogP contribution in [0.3, 0.4) is 0 Å². The summed E-state index contributed by atoms with van der Waals surface area (Å²) in [5, 5.41) is 0.987. The summed E-state index contributed by atoms with van der Waals surface area (Å²) in [4.78, 5) is 13.7. The van der Waals surface area contributed by atoms with E-state index in [1.807, 2.05) is 0 Å². The maximum Gasteiger partial charge on any atom is 0.224 e. The number of benzene rings is 1. The number of hydrogen-bond donors (Lipinski definition) is 0. The summed E-state index contributed by atoms with van der Waals surface area (Å²) in [5.41, 5.74) is 2.10. The predicted octanol–water partition coefficient (Wildman–Crippen LogP) is 2.51. The van der Waals surface area contributed by atoms with Crippen molar-refractivity contribution in [3.8, 4) is 5.88 Å². The summed E-state index contributed by atoms with van der Waals surface area (Å²) in [5.74, 6) is 1.73. The first-order chi connectivity index (χ1) is 14.6. The average molecular weight is 431 g/mol. The summed E-state index contributed by atoms with van der Waals surface area (Å²) in [6.45, 7) is 4.71. The highest BCUT2D eigenvalue weighted by Crippen LogP contribution is 2.30. The Kier molecular flexibility index (Phi) is 5.54. The average Bonchev–Trinajstić information content (AvgIpc) is 3.37. The van der Waals surface area contributed by atoms with Crippen LogP contribution in [0.2, 0.25) is 0 Å². The maximum absolute atomic E-state index is 11.7. The van der Waals surface area contributed by atoms with E-state index in [2.05, 4.69) is 38.0 Å². The quantitative estimate of drug-likeness (QED) is 0.721. The van der Waals surface area contributed by atoms with Gasteiger partial charge in [0.25, 0.3) is 0 Å². The van der Waals surface area contributed by atoms with Crippen molar-refractivity contribution in [1.29, 1.82) is 0 Å². The van der Waals surface area contributed by atoms with Gasteiger partial charge in [0, 0.05) is 38.4 Å². The molecule has 3 aliphatic rings. The Balaban J connectivity index is 1.25.